The second kappa shape index (κ2) is 10.00. The predicted octanol–water partition coefficient (Wildman–Crippen LogP) is 7.27. The first-order valence-electron chi connectivity index (χ1n) is 8.72. The minimum atomic E-state index is -4.56. The van der Waals surface area contributed by atoms with E-state index in [2.05, 4.69) is 13.2 Å². The Morgan fingerprint density at radius 3 is 1.83 bits per heavy atom. The number of benzene rings is 2. The summed E-state index contributed by atoms with van der Waals surface area (Å²) >= 11 is 1.76. The Labute approximate surface area is 181 Å². The quantitative estimate of drug-likeness (QED) is 0.264. The van der Waals surface area contributed by atoms with Crippen molar-refractivity contribution in [1.29, 1.82) is 0 Å². The largest absolute Gasteiger partial charge is 0.417 e. The number of rotatable bonds is 6. The fourth-order valence-electron chi connectivity index (χ4n) is 2.21. The molecule has 2 nitrogen and oxygen atoms in total. The zero-order valence-corrected chi connectivity index (χ0v) is 18.0. The zero-order valence-electron chi connectivity index (χ0n) is 16.4. The fraction of sp³-hybridized carbons (Fsp3) is 0.130. The number of hydrogen-bond donors (Lipinski definition) is 0. The highest BCUT2D eigenvalue weighted by atomic mass is 32.2. The van der Waals surface area contributed by atoms with Crippen LogP contribution in [0.25, 0.3) is 12.2 Å². The van der Waals surface area contributed by atoms with Crippen molar-refractivity contribution in [3.05, 3.63) is 83.5 Å². The maximum Gasteiger partial charge on any atom is 0.417 e. The summed E-state index contributed by atoms with van der Waals surface area (Å²) in [4.78, 5) is 24.4. The third-order valence-electron chi connectivity index (χ3n) is 3.78. The molecule has 0 amide bonds. The zero-order chi connectivity index (χ0) is 22.5. The molecule has 0 N–H and O–H groups in total. The van der Waals surface area contributed by atoms with Crippen LogP contribution in [0, 0.1) is 0 Å². The molecular formula is C23H19F3O2S2. The summed E-state index contributed by atoms with van der Waals surface area (Å²) in [6.07, 6.45) is -1.63. The minimum Gasteiger partial charge on any atom is -0.282 e. The van der Waals surface area contributed by atoms with Gasteiger partial charge in [-0.15, -0.1) is 0 Å². The highest BCUT2D eigenvalue weighted by molar-refractivity contribution is 8.14. The SMILES string of the molecule is C=C(C)C(=O)Sc1ccc(C=Cc2ccc(SC(=O)C(=C)C)cc2C(F)(F)F)cc1. The topological polar surface area (TPSA) is 34.1 Å². The minimum absolute atomic E-state index is 0.00876. The number of hydrogen-bond acceptors (Lipinski definition) is 4. The van der Waals surface area contributed by atoms with Gasteiger partial charge in [0.25, 0.3) is 0 Å². The van der Waals surface area contributed by atoms with E-state index in [0.29, 0.717) is 22.9 Å². The molecule has 0 unspecified atom stereocenters. The van der Waals surface area contributed by atoms with Crippen molar-refractivity contribution in [2.75, 3.05) is 0 Å². The van der Waals surface area contributed by atoms with Gasteiger partial charge in [-0.1, -0.05) is 43.5 Å². The van der Waals surface area contributed by atoms with E-state index < -0.39 is 11.7 Å². The average molecular weight is 449 g/mol. The number of alkyl halides is 3. The second-order valence-corrected chi connectivity index (χ2v) is 8.58. The monoisotopic (exact) mass is 448 g/mol. The molecule has 2 aromatic rings. The summed E-state index contributed by atoms with van der Waals surface area (Å²) in [6, 6.07) is 10.7. The highest BCUT2D eigenvalue weighted by Crippen LogP contribution is 2.36. The molecule has 156 valence electrons. The molecule has 2 rings (SSSR count). The van der Waals surface area contributed by atoms with E-state index in [-0.39, 0.29) is 26.3 Å². The molecule has 7 heteroatoms. The number of halogens is 3. The van der Waals surface area contributed by atoms with Gasteiger partial charge in [0, 0.05) is 9.79 Å². The first kappa shape index (κ1) is 23.8. The Kier molecular flexibility index (Phi) is 7.92. The van der Waals surface area contributed by atoms with Crippen molar-refractivity contribution in [1.82, 2.24) is 0 Å². The van der Waals surface area contributed by atoms with Crippen LogP contribution in [0.3, 0.4) is 0 Å². The predicted molar refractivity (Wildman–Crippen MR) is 118 cm³/mol. The molecule has 0 aliphatic carbocycles. The lowest BCUT2D eigenvalue weighted by Gasteiger charge is -2.12. The molecule has 0 heterocycles. The normalized spacial score (nSPS) is 11.5. The summed E-state index contributed by atoms with van der Waals surface area (Å²) in [5.41, 5.74) is 0.563. The Hall–Kier alpha value is -2.51. The molecule has 0 saturated carbocycles. The van der Waals surface area contributed by atoms with E-state index in [1.807, 2.05) is 0 Å². The van der Waals surface area contributed by atoms with E-state index in [0.717, 1.165) is 22.7 Å². The van der Waals surface area contributed by atoms with Gasteiger partial charge in [-0.2, -0.15) is 13.2 Å². The van der Waals surface area contributed by atoms with Gasteiger partial charge in [-0.25, -0.2) is 0 Å². The number of carbonyl (C=O) groups is 2. The maximum absolute atomic E-state index is 13.5. The standard InChI is InChI=1S/C23H19F3O2S2/c1-14(2)21(27)29-18-10-6-16(7-11-18)5-8-17-9-12-19(30-22(28)15(3)4)13-20(17)23(24,25)26/h5-13H,1,3H2,2,4H3. The summed E-state index contributed by atoms with van der Waals surface area (Å²) in [6.45, 7) is 10.2. The lowest BCUT2D eigenvalue weighted by atomic mass is 10.1. The molecule has 0 saturated heterocycles. The van der Waals surface area contributed by atoms with Crippen LogP contribution in [0.2, 0.25) is 0 Å². The van der Waals surface area contributed by atoms with Crippen LogP contribution in [-0.2, 0) is 15.8 Å². The Bertz CT molecular complexity index is 1020. The van der Waals surface area contributed by atoms with Crippen LogP contribution in [0.1, 0.15) is 30.5 Å². The average Bonchev–Trinajstić information content (AvgIpc) is 2.67. The molecule has 0 aliphatic heterocycles. The first-order valence-corrected chi connectivity index (χ1v) is 10.4. The van der Waals surface area contributed by atoms with Crippen LogP contribution >= 0.6 is 23.5 Å². The molecule has 0 aromatic heterocycles. The molecule has 0 radical (unpaired) electrons. The van der Waals surface area contributed by atoms with Gasteiger partial charge >= 0.3 is 6.18 Å². The molecule has 0 spiro atoms. The van der Waals surface area contributed by atoms with E-state index in [1.165, 1.54) is 25.1 Å². The molecular weight excluding hydrogens is 429 g/mol. The summed E-state index contributed by atoms with van der Waals surface area (Å²) < 4.78 is 40.5. The molecule has 2 aromatic carbocycles. The molecule has 0 fully saturated rings. The summed E-state index contributed by atoms with van der Waals surface area (Å²) in [7, 11) is 0. The summed E-state index contributed by atoms with van der Waals surface area (Å²) in [5.74, 6) is 0. The van der Waals surface area contributed by atoms with E-state index in [1.54, 1.807) is 37.3 Å². The third kappa shape index (κ3) is 6.78. The van der Waals surface area contributed by atoms with Crippen molar-refractivity contribution < 1.29 is 22.8 Å². The lowest BCUT2D eigenvalue weighted by Crippen LogP contribution is -2.07. The number of carbonyl (C=O) groups excluding carboxylic acids is 2. The highest BCUT2D eigenvalue weighted by Gasteiger charge is 2.33. The van der Waals surface area contributed by atoms with Gasteiger partial charge in [0.15, 0.2) is 0 Å². The Morgan fingerprint density at radius 1 is 0.833 bits per heavy atom. The molecule has 0 bridgehead atoms. The maximum atomic E-state index is 13.5. The Balaban J connectivity index is 2.25. The van der Waals surface area contributed by atoms with E-state index >= 15 is 0 Å². The van der Waals surface area contributed by atoms with Crippen molar-refractivity contribution >= 4 is 45.9 Å². The van der Waals surface area contributed by atoms with Gasteiger partial charge in [0.05, 0.1) is 5.56 Å². The Morgan fingerprint density at radius 2 is 1.33 bits per heavy atom. The van der Waals surface area contributed by atoms with Crippen LogP contribution < -0.4 is 0 Å². The van der Waals surface area contributed by atoms with Gasteiger partial charge in [-0.3, -0.25) is 9.59 Å². The van der Waals surface area contributed by atoms with Crippen molar-refractivity contribution in [3.8, 4) is 0 Å². The first-order chi connectivity index (χ1) is 14.0. The second-order valence-electron chi connectivity index (χ2n) is 6.49. The van der Waals surface area contributed by atoms with E-state index in [4.69, 9.17) is 0 Å². The third-order valence-corrected chi connectivity index (χ3v) is 5.85. The van der Waals surface area contributed by atoms with Gasteiger partial charge in [-0.05, 0) is 83.9 Å². The fourth-order valence-corrected chi connectivity index (χ4v) is 3.57. The molecule has 0 atom stereocenters. The van der Waals surface area contributed by atoms with Crippen molar-refractivity contribution in [2.24, 2.45) is 0 Å². The smallest absolute Gasteiger partial charge is 0.282 e. The van der Waals surface area contributed by atoms with Crippen LogP contribution in [0.15, 0.2) is 76.6 Å². The van der Waals surface area contributed by atoms with Crippen molar-refractivity contribution in [2.45, 2.75) is 29.8 Å². The molecule has 0 aliphatic rings. The van der Waals surface area contributed by atoms with Gasteiger partial charge in [0.2, 0.25) is 10.2 Å². The lowest BCUT2D eigenvalue weighted by molar-refractivity contribution is -0.137. The van der Waals surface area contributed by atoms with Crippen LogP contribution in [0.4, 0.5) is 13.2 Å². The van der Waals surface area contributed by atoms with E-state index in [9.17, 15) is 22.8 Å². The van der Waals surface area contributed by atoms with Crippen LogP contribution in [-0.4, -0.2) is 10.2 Å². The van der Waals surface area contributed by atoms with Crippen LogP contribution in [0.5, 0.6) is 0 Å². The van der Waals surface area contributed by atoms with Crippen molar-refractivity contribution in [3.63, 3.8) is 0 Å². The summed E-state index contributed by atoms with van der Waals surface area (Å²) in [5, 5.41) is -0.522. The van der Waals surface area contributed by atoms with Gasteiger partial charge in [0.1, 0.15) is 0 Å². The molecule has 30 heavy (non-hydrogen) atoms. The number of thioether (sulfide) groups is 2. The van der Waals surface area contributed by atoms with Gasteiger partial charge < -0.3 is 0 Å².